The lowest BCUT2D eigenvalue weighted by Crippen LogP contribution is -2.21. The van der Waals surface area contributed by atoms with Crippen LogP contribution in [0.25, 0.3) is 5.57 Å². The van der Waals surface area contributed by atoms with Gasteiger partial charge in [-0.3, -0.25) is 0 Å². The van der Waals surface area contributed by atoms with Gasteiger partial charge in [0.25, 0.3) is 0 Å². The molecule has 0 saturated heterocycles. The summed E-state index contributed by atoms with van der Waals surface area (Å²) in [5.74, 6) is 1.57. The Morgan fingerprint density at radius 1 is 1.16 bits per heavy atom. The Balaban J connectivity index is 1.40. The lowest BCUT2D eigenvalue weighted by molar-refractivity contribution is 0.356. The van der Waals surface area contributed by atoms with Crippen LogP contribution in [0, 0.1) is 23.1 Å². The molecule has 6 heteroatoms. The SMILES string of the molecule is CCC1=C(CCCCc2c(F)ccc3c2CCO3)CCC2CC=C(C#N)N=C2C(c2ccc(OC)nc2)=C1. The molecule has 5 rings (SSSR count). The van der Waals surface area contributed by atoms with Crippen molar-refractivity contribution in [3.63, 3.8) is 0 Å². The number of rotatable bonds is 8. The molecule has 0 radical (unpaired) electrons. The van der Waals surface area contributed by atoms with Crippen LogP contribution in [0.4, 0.5) is 4.39 Å². The zero-order chi connectivity index (χ0) is 26.5. The van der Waals surface area contributed by atoms with E-state index in [0.717, 1.165) is 91.5 Å². The minimum atomic E-state index is -0.108. The molecule has 1 aliphatic carbocycles. The molecule has 196 valence electrons. The number of methoxy groups -OCH3 is 1. The highest BCUT2D eigenvalue weighted by Gasteiger charge is 2.27. The molecule has 5 nitrogen and oxygen atoms in total. The Labute approximate surface area is 224 Å². The number of allylic oxidation sites excluding steroid dienone is 6. The first kappa shape index (κ1) is 25.9. The number of nitrogens with zero attached hydrogens (tertiary/aromatic N) is 3. The number of aromatic nitrogens is 1. The molecule has 0 saturated carbocycles. The number of halogens is 1. The minimum Gasteiger partial charge on any atom is -0.493 e. The molecule has 1 unspecified atom stereocenters. The normalized spacial score (nSPS) is 18.7. The molecule has 38 heavy (non-hydrogen) atoms. The van der Waals surface area contributed by atoms with E-state index in [9.17, 15) is 9.65 Å². The highest BCUT2D eigenvalue weighted by molar-refractivity contribution is 6.26. The van der Waals surface area contributed by atoms with Crippen molar-refractivity contribution in [2.24, 2.45) is 10.9 Å². The van der Waals surface area contributed by atoms with Crippen LogP contribution < -0.4 is 9.47 Å². The van der Waals surface area contributed by atoms with E-state index in [0.29, 0.717) is 18.2 Å². The van der Waals surface area contributed by atoms with Crippen molar-refractivity contribution < 1.29 is 13.9 Å². The maximum absolute atomic E-state index is 14.6. The summed E-state index contributed by atoms with van der Waals surface area (Å²) in [6, 6.07) is 9.42. The molecular formula is C32H34FN3O2. The third-order valence-corrected chi connectivity index (χ3v) is 7.91. The first-order valence-electron chi connectivity index (χ1n) is 13.7. The van der Waals surface area contributed by atoms with Crippen LogP contribution in [0.3, 0.4) is 0 Å². The van der Waals surface area contributed by atoms with E-state index in [1.54, 1.807) is 19.2 Å². The highest BCUT2D eigenvalue weighted by Crippen LogP contribution is 2.37. The average Bonchev–Trinajstić information content (AvgIpc) is 3.43. The van der Waals surface area contributed by atoms with Gasteiger partial charge in [-0.1, -0.05) is 12.5 Å². The largest absolute Gasteiger partial charge is 0.493 e. The predicted molar refractivity (Wildman–Crippen MR) is 148 cm³/mol. The van der Waals surface area contributed by atoms with Crippen LogP contribution in [-0.4, -0.2) is 24.4 Å². The van der Waals surface area contributed by atoms with Crippen LogP contribution in [0.5, 0.6) is 11.6 Å². The van der Waals surface area contributed by atoms with Gasteiger partial charge in [0.1, 0.15) is 23.3 Å². The maximum atomic E-state index is 14.6. The van der Waals surface area contributed by atoms with Gasteiger partial charge in [-0.05, 0) is 92.9 Å². The first-order chi connectivity index (χ1) is 18.6. The smallest absolute Gasteiger partial charge is 0.212 e. The number of ether oxygens (including phenoxy) is 2. The van der Waals surface area contributed by atoms with E-state index < -0.39 is 0 Å². The van der Waals surface area contributed by atoms with Crippen molar-refractivity contribution >= 4 is 11.3 Å². The van der Waals surface area contributed by atoms with E-state index in [4.69, 9.17) is 14.5 Å². The summed E-state index contributed by atoms with van der Waals surface area (Å²) < 4.78 is 25.5. The van der Waals surface area contributed by atoms with Crippen molar-refractivity contribution in [3.05, 3.63) is 82.0 Å². The molecule has 2 aromatic rings. The summed E-state index contributed by atoms with van der Waals surface area (Å²) in [5.41, 5.74) is 8.18. The fraction of sp³-hybridized carbons (Fsp3) is 0.406. The third-order valence-electron chi connectivity index (χ3n) is 7.91. The molecule has 0 amide bonds. The van der Waals surface area contributed by atoms with Crippen molar-refractivity contribution in [1.29, 1.82) is 5.26 Å². The quantitative estimate of drug-likeness (QED) is 0.348. The van der Waals surface area contributed by atoms with Gasteiger partial charge in [-0.15, -0.1) is 0 Å². The van der Waals surface area contributed by atoms with E-state index >= 15 is 0 Å². The van der Waals surface area contributed by atoms with Crippen molar-refractivity contribution in [1.82, 2.24) is 4.98 Å². The lowest BCUT2D eigenvalue weighted by Gasteiger charge is -2.27. The number of nitriles is 1. The standard InChI is InChI=1S/C32H34FN3O2/c1-3-21-18-28(24-11-15-31(37-2)35-20-24)32-23(10-12-25(19-34)36-32)9-8-22(21)6-4-5-7-26-27-16-17-38-30(27)14-13-29(26)33/h11-15,18,20,23H,3-10,16-17H2,1-2H3. The second-order valence-corrected chi connectivity index (χ2v) is 10.1. The zero-order valence-corrected chi connectivity index (χ0v) is 22.2. The maximum Gasteiger partial charge on any atom is 0.212 e. The van der Waals surface area contributed by atoms with Gasteiger partial charge < -0.3 is 9.47 Å². The van der Waals surface area contributed by atoms with Gasteiger partial charge in [-0.25, -0.2) is 14.4 Å². The van der Waals surface area contributed by atoms with E-state index in [-0.39, 0.29) is 11.7 Å². The minimum absolute atomic E-state index is 0.108. The molecule has 0 bridgehead atoms. The number of aliphatic imine (C=N–C) groups is 1. The second-order valence-electron chi connectivity index (χ2n) is 10.1. The predicted octanol–water partition coefficient (Wildman–Crippen LogP) is 7.33. The summed E-state index contributed by atoms with van der Waals surface area (Å²) in [4.78, 5) is 9.23. The molecule has 1 aromatic carbocycles. The molecule has 0 N–H and O–H groups in total. The Kier molecular flexibility index (Phi) is 8.03. The van der Waals surface area contributed by atoms with E-state index in [1.807, 2.05) is 24.4 Å². The van der Waals surface area contributed by atoms with Crippen LogP contribution in [0.1, 0.15) is 68.6 Å². The van der Waals surface area contributed by atoms with Gasteiger partial charge in [0.2, 0.25) is 5.88 Å². The van der Waals surface area contributed by atoms with Gasteiger partial charge in [-0.2, -0.15) is 5.26 Å². The number of pyridine rings is 1. The van der Waals surface area contributed by atoms with Gasteiger partial charge in [0.15, 0.2) is 0 Å². The molecule has 0 fully saturated rings. The topological polar surface area (TPSA) is 67.5 Å². The summed E-state index contributed by atoms with van der Waals surface area (Å²) >= 11 is 0. The number of hydrogen-bond donors (Lipinski definition) is 0. The van der Waals surface area contributed by atoms with Crippen LogP contribution in [0.2, 0.25) is 0 Å². The monoisotopic (exact) mass is 511 g/mol. The molecule has 2 aliphatic heterocycles. The second kappa shape index (κ2) is 11.8. The molecular weight excluding hydrogens is 477 g/mol. The molecule has 3 aliphatic rings. The van der Waals surface area contributed by atoms with E-state index in [1.165, 1.54) is 11.1 Å². The summed E-state index contributed by atoms with van der Waals surface area (Å²) in [5, 5.41) is 9.53. The van der Waals surface area contributed by atoms with E-state index in [2.05, 4.69) is 24.1 Å². The Morgan fingerprint density at radius 2 is 2.03 bits per heavy atom. The van der Waals surface area contributed by atoms with Crippen LogP contribution in [-0.2, 0) is 12.8 Å². The third kappa shape index (κ3) is 5.43. The van der Waals surface area contributed by atoms with Crippen LogP contribution >= 0.6 is 0 Å². The summed E-state index contributed by atoms with van der Waals surface area (Å²) in [7, 11) is 1.61. The fourth-order valence-electron chi connectivity index (χ4n) is 5.85. The summed E-state index contributed by atoms with van der Waals surface area (Å²) in [6.45, 7) is 2.84. The van der Waals surface area contributed by atoms with Crippen molar-refractivity contribution in [3.8, 4) is 17.7 Å². The highest BCUT2D eigenvalue weighted by atomic mass is 19.1. The Hall–Kier alpha value is -3.72. The molecule has 1 atom stereocenters. The molecule has 3 heterocycles. The first-order valence-corrected chi connectivity index (χ1v) is 13.7. The van der Waals surface area contributed by atoms with Crippen molar-refractivity contribution in [2.45, 2.75) is 64.7 Å². The fourth-order valence-corrected chi connectivity index (χ4v) is 5.85. The Morgan fingerprint density at radius 3 is 2.79 bits per heavy atom. The van der Waals surface area contributed by atoms with Gasteiger partial charge in [0.05, 0.1) is 19.4 Å². The lowest BCUT2D eigenvalue weighted by atomic mass is 9.79. The summed E-state index contributed by atoms with van der Waals surface area (Å²) in [6.07, 6.45) is 14.3. The number of unbranched alkanes of at least 4 members (excludes halogenated alkanes) is 1. The van der Waals surface area contributed by atoms with Gasteiger partial charge >= 0.3 is 0 Å². The molecule has 0 spiro atoms. The zero-order valence-electron chi connectivity index (χ0n) is 22.2. The number of benzene rings is 1. The molecule has 1 aromatic heterocycles. The average molecular weight is 512 g/mol. The van der Waals surface area contributed by atoms with Crippen LogP contribution in [0.15, 0.2) is 64.5 Å². The van der Waals surface area contributed by atoms with Crippen molar-refractivity contribution in [2.75, 3.05) is 13.7 Å². The number of fused-ring (bicyclic) bond motifs is 2. The van der Waals surface area contributed by atoms with Gasteiger partial charge in [0, 0.05) is 41.3 Å². The number of hydrogen-bond acceptors (Lipinski definition) is 5. The Bertz CT molecular complexity index is 1360.